The largest absolute Gasteiger partial charge is 0.376 e. The fourth-order valence-electron chi connectivity index (χ4n) is 2.27. The normalized spacial score (nSPS) is 18.6. The summed E-state index contributed by atoms with van der Waals surface area (Å²) >= 11 is 0. The third-order valence-electron chi connectivity index (χ3n) is 3.93. The van der Waals surface area contributed by atoms with Crippen molar-refractivity contribution >= 4 is 29.9 Å². The predicted molar refractivity (Wildman–Crippen MR) is 105 cm³/mol. The molecular weight excluding hydrogens is 391 g/mol. The lowest BCUT2D eigenvalue weighted by molar-refractivity contribution is 0.117. The average Bonchev–Trinajstić information content (AvgIpc) is 2.97. The number of hydrogen-bond donors (Lipinski definition) is 2. The maximum absolute atomic E-state index is 5.61. The molecule has 1 atom stereocenters. The van der Waals surface area contributed by atoms with Crippen LogP contribution in [0, 0.1) is 0 Å². The Kier molecular flexibility index (Phi) is 13.3. The number of halogens is 1. The molecule has 1 rings (SSSR count). The van der Waals surface area contributed by atoms with Gasteiger partial charge in [0.15, 0.2) is 5.96 Å². The minimum Gasteiger partial charge on any atom is -0.376 e. The van der Waals surface area contributed by atoms with E-state index in [0.717, 1.165) is 45.2 Å². The molecule has 0 saturated carbocycles. The highest BCUT2D eigenvalue weighted by molar-refractivity contribution is 14.0. The Hall–Kier alpha value is -0.0800. The van der Waals surface area contributed by atoms with Crippen LogP contribution in [0.15, 0.2) is 4.99 Å². The van der Waals surface area contributed by atoms with Crippen molar-refractivity contribution in [3.8, 4) is 0 Å². The van der Waals surface area contributed by atoms with Crippen LogP contribution in [-0.2, 0) is 4.74 Å². The zero-order valence-electron chi connectivity index (χ0n) is 14.7. The van der Waals surface area contributed by atoms with Crippen molar-refractivity contribution in [2.24, 2.45) is 4.99 Å². The summed E-state index contributed by atoms with van der Waals surface area (Å²) in [6.45, 7) is 11.3. The van der Waals surface area contributed by atoms with E-state index in [4.69, 9.17) is 4.74 Å². The predicted octanol–water partition coefficient (Wildman–Crippen LogP) is 2.46. The monoisotopic (exact) mass is 426 g/mol. The standard InChI is InChI=1S/C16H34N4O.HI/c1-5-17-16(19-13-15-9-8-12-21-15)18-10-6-7-11-20(4)14(2)3;/h14-15H,5-13H2,1-4H3,(H2,17,18,19);1H. The second-order valence-corrected chi connectivity index (χ2v) is 6.06. The second-order valence-electron chi connectivity index (χ2n) is 6.06. The van der Waals surface area contributed by atoms with Crippen molar-refractivity contribution < 1.29 is 4.74 Å². The van der Waals surface area contributed by atoms with Gasteiger partial charge in [-0.1, -0.05) is 0 Å². The average molecular weight is 426 g/mol. The van der Waals surface area contributed by atoms with E-state index in [1.807, 2.05) is 0 Å². The third kappa shape index (κ3) is 9.84. The Morgan fingerprint density at radius 1 is 1.32 bits per heavy atom. The molecule has 0 aliphatic carbocycles. The molecule has 1 aliphatic heterocycles. The number of guanidine groups is 1. The first-order valence-corrected chi connectivity index (χ1v) is 8.47. The lowest BCUT2D eigenvalue weighted by Crippen LogP contribution is -2.38. The maximum atomic E-state index is 5.61. The van der Waals surface area contributed by atoms with Gasteiger partial charge in [0.2, 0.25) is 0 Å². The van der Waals surface area contributed by atoms with Crippen molar-refractivity contribution in [1.29, 1.82) is 0 Å². The Bertz CT molecular complexity index is 294. The third-order valence-corrected chi connectivity index (χ3v) is 3.93. The molecule has 0 spiro atoms. The van der Waals surface area contributed by atoms with Gasteiger partial charge in [-0.25, -0.2) is 0 Å². The molecule has 2 N–H and O–H groups in total. The first-order valence-electron chi connectivity index (χ1n) is 8.47. The summed E-state index contributed by atoms with van der Waals surface area (Å²) < 4.78 is 5.61. The van der Waals surface area contributed by atoms with Crippen LogP contribution in [0.3, 0.4) is 0 Å². The van der Waals surface area contributed by atoms with Crippen LogP contribution in [0.2, 0.25) is 0 Å². The van der Waals surface area contributed by atoms with Crippen molar-refractivity contribution in [2.75, 3.05) is 39.8 Å². The molecule has 1 unspecified atom stereocenters. The topological polar surface area (TPSA) is 48.9 Å². The van der Waals surface area contributed by atoms with E-state index in [1.165, 1.54) is 19.3 Å². The van der Waals surface area contributed by atoms with Gasteiger partial charge < -0.3 is 20.3 Å². The van der Waals surface area contributed by atoms with Gasteiger partial charge in [-0.15, -0.1) is 24.0 Å². The number of nitrogens with one attached hydrogen (secondary N) is 2. The van der Waals surface area contributed by atoms with Gasteiger partial charge in [0.1, 0.15) is 0 Å². The molecule has 0 aromatic heterocycles. The molecule has 5 nitrogen and oxygen atoms in total. The second kappa shape index (κ2) is 13.4. The quantitative estimate of drug-likeness (QED) is 0.258. The molecule has 1 saturated heterocycles. The molecule has 0 amide bonds. The van der Waals surface area contributed by atoms with Crippen molar-refractivity contribution in [3.05, 3.63) is 0 Å². The van der Waals surface area contributed by atoms with Gasteiger partial charge >= 0.3 is 0 Å². The highest BCUT2D eigenvalue weighted by atomic mass is 127. The van der Waals surface area contributed by atoms with Gasteiger partial charge in [0.05, 0.1) is 12.6 Å². The number of nitrogens with zero attached hydrogens (tertiary/aromatic N) is 2. The number of hydrogen-bond acceptors (Lipinski definition) is 3. The lowest BCUT2D eigenvalue weighted by atomic mass is 10.2. The minimum absolute atomic E-state index is 0. The van der Waals surface area contributed by atoms with E-state index in [2.05, 4.69) is 48.3 Å². The van der Waals surface area contributed by atoms with Gasteiger partial charge in [-0.05, 0) is 60.0 Å². The maximum Gasteiger partial charge on any atom is 0.191 e. The molecule has 1 heterocycles. The van der Waals surface area contributed by atoms with Crippen LogP contribution in [0.25, 0.3) is 0 Å². The fourth-order valence-corrected chi connectivity index (χ4v) is 2.27. The van der Waals surface area contributed by atoms with E-state index in [9.17, 15) is 0 Å². The van der Waals surface area contributed by atoms with E-state index >= 15 is 0 Å². The minimum atomic E-state index is 0. The van der Waals surface area contributed by atoms with Crippen LogP contribution in [-0.4, -0.2) is 62.8 Å². The first kappa shape index (κ1) is 21.9. The number of aliphatic imine (C=N–C) groups is 1. The molecule has 1 aliphatic rings. The number of ether oxygens (including phenoxy) is 1. The summed E-state index contributed by atoms with van der Waals surface area (Å²) in [5, 5.41) is 6.71. The van der Waals surface area contributed by atoms with Crippen LogP contribution in [0.1, 0.15) is 46.5 Å². The summed E-state index contributed by atoms with van der Waals surface area (Å²) in [5.74, 6) is 0.921. The molecular formula is C16H35IN4O. The summed E-state index contributed by atoms with van der Waals surface area (Å²) in [7, 11) is 2.19. The molecule has 1 fully saturated rings. The summed E-state index contributed by atoms with van der Waals surface area (Å²) in [6.07, 6.45) is 5.02. The molecule has 132 valence electrons. The van der Waals surface area contributed by atoms with Crippen LogP contribution >= 0.6 is 24.0 Å². The molecule has 0 bridgehead atoms. The summed E-state index contributed by atoms with van der Waals surface area (Å²) in [6, 6.07) is 0.628. The van der Waals surface area contributed by atoms with Gasteiger partial charge in [0.25, 0.3) is 0 Å². The van der Waals surface area contributed by atoms with Gasteiger partial charge in [-0.2, -0.15) is 0 Å². The molecule has 6 heteroatoms. The number of rotatable bonds is 9. The smallest absolute Gasteiger partial charge is 0.191 e. The highest BCUT2D eigenvalue weighted by Crippen LogP contribution is 2.11. The van der Waals surface area contributed by atoms with E-state index in [-0.39, 0.29) is 24.0 Å². The SMILES string of the molecule is CCNC(=NCC1CCCO1)NCCCCN(C)C(C)C.I. The Balaban J connectivity index is 0.00000441. The fraction of sp³-hybridized carbons (Fsp3) is 0.938. The molecule has 0 radical (unpaired) electrons. The van der Waals surface area contributed by atoms with Crippen molar-refractivity contribution in [2.45, 2.75) is 58.6 Å². The molecule has 22 heavy (non-hydrogen) atoms. The van der Waals surface area contributed by atoms with Crippen LogP contribution < -0.4 is 10.6 Å². The summed E-state index contributed by atoms with van der Waals surface area (Å²) in [4.78, 5) is 7.00. The van der Waals surface area contributed by atoms with E-state index in [0.29, 0.717) is 12.1 Å². The lowest BCUT2D eigenvalue weighted by Gasteiger charge is -2.20. The summed E-state index contributed by atoms with van der Waals surface area (Å²) in [5.41, 5.74) is 0. The Morgan fingerprint density at radius 2 is 2.09 bits per heavy atom. The Morgan fingerprint density at radius 3 is 2.68 bits per heavy atom. The molecule has 0 aromatic carbocycles. The zero-order valence-corrected chi connectivity index (χ0v) is 17.1. The number of unbranched alkanes of at least 4 members (excludes halogenated alkanes) is 1. The first-order chi connectivity index (χ1) is 10.1. The van der Waals surface area contributed by atoms with Crippen LogP contribution in [0.5, 0.6) is 0 Å². The van der Waals surface area contributed by atoms with Gasteiger partial charge in [0, 0.05) is 25.7 Å². The van der Waals surface area contributed by atoms with Crippen molar-refractivity contribution in [1.82, 2.24) is 15.5 Å². The highest BCUT2D eigenvalue weighted by Gasteiger charge is 2.14. The van der Waals surface area contributed by atoms with Crippen molar-refractivity contribution in [3.63, 3.8) is 0 Å². The van der Waals surface area contributed by atoms with Gasteiger partial charge in [-0.3, -0.25) is 4.99 Å². The Labute approximate surface area is 153 Å². The van der Waals surface area contributed by atoms with E-state index in [1.54, 1.807) is 0 Å². The van der Waals surface area contributed by atoms with Crippen LogP contribution in [0.4, 0.5) is 0 Å². The molecule has 0 aromatic rings. The van der Waals surface area contributed by atoms with E-state index < -0.39 is 0 Å². The zero-order chi connectivity index (χ0) is 15.5.